The van der Waals surface area contributed by atoms with Crippen LogP contribution in [0.25, 0.3) is 0 Å². The molecule has 11 heteroatoms. The monoisotopic (exact) mass is 492 g/mol. The zero-order valence-corrected chi connectivity index (χ0v) is 21.4. The number of amides is 4. The van der Waals surface area contributed by atoms with Crippen molar-refractivity contribution >= 4 is 29.8 Å². The smallest absolute Gasteiger partial charge is 0.409 e. The van der Waals surface area contributed by atoms with Gasteiger partial charge in [-0.2, -0.15) is 0 Å². The molecule has 11 nitrogen and oxygen atoms in total. The predicted octanol–water partition coefficient (Wildman–Crippen LogP) is 1.57. The summed E-state index contributed by atoms with van der Waals surface area (Å²) in [5.41, 5.74) is -2.92. The van der Waals surface area contributed by atoms with Crippen LogP contribution in [0.5, 0.6) is 0 Å². The van der Waals surface area contributed by atoms with Crippen LogP contribution in [0.2, 0.25) is 0 Å². The average Bonchev–Trinajstić information content (AvgIpc) is 2.76. The Balaban J connectivity index is 2.48. The molecule has 0 radical (unpaired) electrons. The molecular weight excluding hydrogens is 456 g/mol. The highest BCUT2D eigenvalue weighted by Crippen LogP contribution is 2.19. The maximum atomic E-state index is 12.5. The molecular formula is C24H36N4O7. The summed E-state index contributed by atoms with van der Waals surface area (Å²) in [7, 11) is 0. The highest BCUT2D eigenvalue weighted by molar-refractivity contribution is 6.04. The van der Waals surface area contributed by atoms with Gasteiger partial charge in [0.2, 0.25) is 17.7 Å². The maximum absolute atomic E-state index is 12.5. The summed E-state index contributed by atoms with van der Waals surface area (Å²) >= 11 is 0. The molecule has 0 spiro atoms. The minimum absolute atomic E-state index is 0.0270. The van der Waals surface area contributed by atoms with Crippen LogP contribution in [0.1, 0.15) is 54.0 Å². The first-order valence-electron chi connectivity index (χ1n) is 11.1. The summed E-state index contributed by atoms with van der Waals surface area (Å²) in [6.45, 7) is 10.2. The number of benzene rings is 1. The largest absolute Gasteiger partial charge is 0.460 e. The molecule has 0 aliphatic heterocycles. The molecule has 35 heavy (non-hydrogen) atoms. The summed E-state index contributed by atoms with van der Waals surface area (Å²) in [5.74, 6) is -2.69. The Kier molecular flexibility index (Phi) is 10.2. The molecule has 0 aromatic heterocycles. The highest BCUT2D eigenvalue weighted by Gasteiger charge is 2.39. The second kappa shape index (κ2) is 12.2. The molecule has 0 saturated carbocycles. The third-order valence-electron chi connectivity index (χ3n) is 4.80. The molecule has 0 aliphatic rings. The van der Waals surface area contributed by atoms with Gasteiger partial charge < -0.3 is 30.7 Å². The van der Waals surface area contributed by atoms with E-state index in [2.05, 4.69) is 21.3 Å². The number of hydrogen-bond acceptors (Lipinski definition) is 7. The van der Waals surface area contributed by atoms with Crippen LogP contribution in [0.15, 0.2) is 30.3 Å². The van der Waals surface area contributed by atoms with Crippen molar-refractivity contribution in [2.75, 3.05) is 13.3 Å². The third-order valence-corrected chi connectivity index (χ3v) is 4.80. The quantitative estimate of drug-likeness (QED) is 0.220. The van der Waals surface area contributed by atoms with Crippen LogP contribution in [-0.4, -0.2) is 48.7 Å². The molecule has 0 fully saturated rings. The van der Waals surface area contributed by atoms with Crippen molar-refractivity contribution in [3.05, 3.63) is 35.9 Å². The Morgan fingerprint density at radius 1 is 0.686 bits per heavy atom. The lowest BCUT2D eigenvalue weighted by Gasteiger charge is -2.25. The zero-order chi connectivity index (χ0) is 26.9. The van der Waals surface area contributed by atoms with Crippen LogP contribution >= 0.6 is 0 Å². The molecule has 1 rings (SSSR count). The van der Waals surface area contributed by atoms with Crippen molar-refractivity contribution in [1.82, 2.24) is 21.3 Å². The minimum Gasteiger partial charge on any atom is -0.460 e. The fourth-order valence-corrected chi connectivity index (χ4v) is 2.48. The van der Waals surface area contributed by atoms with Gasteiger partial charge in [0.05, 0.1) is 13.3 Å². The highest BCUT2D eigenvalue weighted by atomic mass is 16.6. The summed E-state index contributed by atoms with van der Waals surface area (Å²) in [5, 5.41) is 9.67. The molecule has 4 amide bonds. The van der Waals surface area contributed by atoms with E-state index in [1.165, 1.54) is 27.7 Å². The van der Waals surface area contributed by atoms with E-state index in [-0.39, 0.29) is 19.9 Å². The van der Waals surface area contributed by atoms with Gasteiger partial charge in [-0.3, -0.25) is 19.2 Å². The van der Waals surface area contributed by atoms with Crippen LogP contribution in [0.3, 0.4) is 0 Å². The Labute approximate surface area is 205 Å². The fraction of sp³-hybridized carbons (Fsp3) is 0.542. The van der Waals surface area contributed by atoms with Crippen molar-refractivity contribution in [2.24, 2.45) is 10.8 Å². The second-order valence-corrected chi connectivity index (χ2v) is 9.86. The molecule has 0 heterocycles. The number of alkyl carbamates (subject to hydrolysis) is 1. The molecule has 0 saturated heterocycles. The van der Waals surface area contributed by atoms with Gasteiger partial charge in [0.1, 0.15) is 23.0 Å². The molecule has 1 aromatic rings. The SMILES string of the molecule is CC(C)(C)OC(=O)NCNC(=O)C(C)(C)C(=O)NCNC(=O)C(C)(C)C(=O)OCc1ccccc1. The molecule has 4 N–H and O–H groups in total. The van der Waals surface area contributed by atoms with Gasteiger partial charge in [-0.1, -0.05) is 30.3 Å². The lowest BCUT2D eigenvalue weighted by molar-refractivity contribution is -0.160. The van der Waals surface area contributed by atoms with E-state index in [9.17, 15) is 24.0 Å². The Bertz CT molecular complexity index is 922. The first kappa shape index (κ1) is 29.4. The van der Waals surface area contributed by atoms with Crippen LogP contribution in [-0.2, 0) is 35.3 Å². The standard InChI is InChI=1S/C24H36N4O7/c1-22(2,3)35-21(33)28-15-27-18(30)23(4,5)17(29)25-14-26-19(31)24(6,7)20(32)34-13-16-11-9-8-10-12-16/h8-12H,13-15H2,1-7H3,(H,25,29)(H,26,31)(H,27,30)(H,28,33). The van der Waals surface area contributed by atoms with Crippen molar-refractivity contribution in [3.8, 4) is 0 Å². The Hall–Kier alpha value is -3.63. The maximum Gasteiger partial charge on any atom is 0.409 e. The van der Waals surface area contributed by atoms with E-state index in [4.69, 9.17) is 9.47 Å². The number of ether oxygens (including phenoxy) is 2. The first-order chi connectivity index (χ1) is 16.1. The number of rotatable bonds is 10. The van der Waals surface area contributed by atoms with Gasteiger partial charge in [-0.25, -0.2) is 4.79 Å². The number of carbonyl (C=O) groups is 5. The van der Waals surface area contributed by atoms with E-state index in [1.54, 1.807) is 32.9 Å². The second-order valence-electron chi connectivity index (χ2n) is 9.86. The van der Waals surface area contributed by atoms with Gasteiger partial charge >= 0.3 is 12.1 Å². The van der Waals surface area contributed by atoms with E-state index in [1.807, 2.05) is 18.2 Å². The molecule has 0 bridgehead atoms. The number of carbonyl (C=O) groups excluding carboxylic acids is 5. The molecule has 0 atom stereocenters. The van der Waals surface area contributed by atoms with Gasteiger partial charge in [-0.15, -0.1) is 0 Å². The van der Waals surface area contributed by atoms with Gasteiger partial charge in [-0.05, 0) is 54.0 Å². The van der Waals surface area contributed by atoms with Crippen molar-refractivity contribution in [1.29, 1.82) is 0 Å². The lowest BCUT2D eigenvalue weighted by atomic mass is 9.91. The van der Waals surface area contributed by atoms with E-state index < -0.39 is 46.2 Å². The fourth-order valence-electron chi connectivity index (χ4n) is 2.48. The number of hydrogen-bond donors (Lipinski definition) is 4. The summed E-state index contributed by atoms with van der Waals surface area (Å²) < 4.78 is 10.3. The summed E-state index contributed by atoms with van der Waals surface area (Å²) in [6, 6.07) is 9.04. The molecule has 0 aliphatic carbocycles. The van der Waals surface area contributed by atoms with Crippen LogP contribution in [0, 0.1) is 10.8 Å². The van der Waals surface area contributed by atoms with E-state index in [0.717, 1.165) is 5.56 Å². The van der Waals surface area contributed by atoms with Crippen molar-refractivity contribution in [2.45, 2.75) is 60.7 Å². The van der Waals surface area contributed by atoms with Crippen molar-refractivity contribution in [3.63, 3.8) is 0 Å². The molecule has 194 valence electrons. The Morgan fingerprint density at radius 3 is 1.63 bits per heavy atom. The zero-order valence-electron chi connectivity index (χ0n) is 21.4. The normalized spacial score (nSPS) is 11.6. The van der Waals surface area contributed by atoms with Gasteiger partial charge in [0, 0.05) is 0 Å². The van der Waals surface area contributed by atoms with Crippen LogP contribution in [0.4, 0.5) is 4.79 Å². The lowest BCUT2D eigenvalue weighted by Crippen LogP contribution is -2.53. The van der Waals surface area contributed by atoms with Crippen molar-refractivity contribution < 1.29 is 33.4 Å². The minimum atomic E-state index is -1.51. The average molecular weight is 493 g/mol. The summed E-state index contributed by atoms with van der Waals surface area (Å²) in [6.07, 6.45) is -0.715. The van der Waals surface area contributed by atoms with Gasteiger partial charge in [0.15, 0.2) is 0 Å². The first-order valence-corrected chi connectivity index (χ1v) is 11.1. The van der Waals surface area contributed by atoms with Crippen LogP contribution < -0.4 is 21.3 Å². The molecule has 0 unspecified atom stereocenters. The van der Waals surface area contributed by atoms with Gasteiger partial charge in [0.25, 0.3) is 0 Å². The Morgan fingerprint density at radius 2 is 1.14 bits per heavy atom. The summed E-state index contributed by atoms with van der Waals surface area (Å²) in [4.78, 5) is 61.4. The van der Waals surface area contributed by atoms with E-state index >= 15 is 0 Å². The van der Waals surface area contributed by atoms with E-state index in [0.29, 0.717) is 0 Å². The molecule has 1 aromatic carbocycles. The number of esters is 1. The number of nitrogens with one attached hydrogen (secondary N) is 4. The topological polar surface area (TPSA) is 152 Å². The third kappa shape index (κ3) is 9.63. The predicted molar refractivity (Wildman–Crippen MR) is 127 cm³/mol.